The number of benzene rings is 1. The number of nitrogens with zero attached hydrogens (tertiary/aromatic N) is 1. The van der Waals surface area contributed by atoms with Crippen LogP contribution in [0.3, 0.4) is 0 Å². The first-order valence-electron chi connectivity index (χ1n) is 6.29. The lowest BCUT2D eigenvalue weighted by Gasteiger charge is -2.11. The molecule has 0 spiro atoms. The van der Waals surface area contributed by atoms with E-state index in [1.165, 1.54) is 19.1 Å². The molecule has 0 unspecified atom stereocenters. The van der Waals surface area contributed by atoms with Gasteiger partial charge in [-0.15, -0.1) is 0 Å². The second-order valence-electron chi connectivity index (χ2n) is 4.69. The highest BCUT2D eigenvalue weighted by molar-refractivity contribution is 7.92. The zero-order valence-electron chi connectivity index (χ0n) is 11.7. The Morgan fingerprint density at radius 1 is 1.29 bits per heavy atom. The molecule has 7 heteroatoms. The molecule has 3 N–H and O–H groups in total. The largest absolute Gasteiger partial charge is 0.326 e. The van der Waals surface area contributed by atoms with Gasteiger partial charge in [0, 0.05) is 17.8 Å². The number of aromatic nitrogens is 1. The summed E-state index contributed by atoms with van der Waals surface area (Å²) in [7, 11) is -3.84. The molecule has 0 aliphatic rings. The highest BCUT2D eigenvalue weighted by atomic mass is 32.2. The molecule has 0 bridgehead atoms. The maximum Gasteiger partial charge on any atom is 0.263 e. The van der Waals surface area contributed by atoms with Crippen LogP contribution in [0.5, 0.6) is 0 Å². The van der Waals surface area contributed by atoms with Crippen molar-refractivity contribution in [3.63, 3.8) is 0 Å². The maximum atomic E-state index is 13.7. The van der Waals surface area contributed by atoms with Crippen molar-refractivity contribution in [1.82, 2.24) is 4.98 Å². The Labute approximate surface area is 123 Å². The first-order chi connectivity index (χ1) is 9.83. The minimum Gasteiger partial charge on any atom is -0.326 e. The molecular weight excluding hydrogens is 293 g/mol. The average Bonchev–Trinajstić information content (AvgIpc) is 2.41. The molecule has 0 saturated carbocycles. The third kappa shape index (κ3) is 3.37. The van der Waals surface area contributed by atoms with Gasteiger partial charge in [-0.3, -0.25) is 4.72 Å². The minimum absolute atomic E-state index is 0.0369. The van der Waals surface area contributed by atoms with Crippen LogP contribution in [0.15, 0.2) is 35.2 Å². The lowest BCUT2D eigenvalue weighted by atomic mass is 10.1. The number of nitrogens with two attached hydrogens (primary N) is 1. The van der Waals surface area contributed by atoms with Crippen LogP contribution in [0.25, 0.3) is 0 Å². The average molecular weight is 309 g/mol. The molecule has 0 aliphatic heterocycles. The second-order valence-corrected chi connectivity index (χ2v) is 6.37. The van der Waals surface area contributed by atoms with E-state index in [2.05, 4.69) is 9.71 Å². The number of pyridine rings is 1. The van der Waals surface area contributed by atoms with Crippen molar-refractivity contribution < 1.29 is 12.8 Å². The number of anilines is 1. The van der Waals surface area contributed by atoms with E-state index in [-0.39, 0.29) is 28.4 Å². The van der Waals surface area contributed by atoms with Gasteiger partial charge in [-0.25, -0.2) is 17.8 Å². The predicted octanol–water partition coefficient (Wildman–Crippen LogP) is 2.10. The summed E-state index contributed by atoms with van der Waals surface area (Å²) >= 11 is 0. The lowest BCUT2D eigenvalue weighted by Crippen LogP contribution is -2.15. The summed E-state index contributed by atoms with van der Waals surface area (Å²) in [6.45, 7) is 3.18. The van der Waals surface area contributed by atoms with Gasteiger partial charge in [0.05, 0.1) is 4.90 Å². The van der Waals surface area contributed by atoms with Gasteiger partial charge in [0.2, 0.25) is 0 Å². The van der Waals surface area contributed by atoms with Gasteiger partial charge >= 0.3 is 0 Å². The zero-order chi connectivity index (χ0) is 15.6. The van der Waals surface area contributed by atoms with E-state index in [9.17, 15) is 12.8 Å². The Morgan fingerprint density at radius 3 is 2.62 bits per heavy atom. The van der Waals surface area contributed by atoms with Gasteiger partial charge < -0.3 is 5.73 Å². The first-order valence-corrected chi connectivity index (χ1v) is 7.77. The molecule has 1 aromatic carbocycles. The highest BCUT2D eigenvalue weighted by Crippen LogP contribution is 2.21. The highest BCUT2D eigenvalue weighted by Gasteiger charge is 2.18. The summed E-state index contributed by atoms with van der Waals surface area (Å²) in [6, 6.07) is 7.51. The van der Waals surface area contributed by atoms with E-state index in [0.29, 0.717) is 5.69 Å². The molecule has 0 radical (unpaired) electrons. The Balaban J connectivity index is 2.42. The van der Waals surface area contributed by atoms with Crippen LogP contribution < -0.4 is 10.5 Å². The molecule has 0 aliphatic carbocycles. The first kappa shape index (κ1) is 15.4. The molecule has 21 heavy (non-hydrogen) atoms. The van der Waals surface area contributed by atoms with Crippen LogP contribution in [-0.2, 0) is 16.6 Å². The van der Waals surface area contributed by atoms with Crippen molar-refractivity contribution in [2.75, 3.05) is 4.72 Å². The fourth-order valence-electron chi connectivity index (χ4n) is 1.91. The van der Waals surface area contributed by atoms with E-state index in [0.717, 1.165) is 0 Å². The van der Waals surface area contributed by atoms with Crippen LogP contribution in [0.1, 0.15) is 16.8 Å². The molecular formula is C14H16FN3O2S. The zero-order valence-corrected chi connectivity index (χ0v) is 12.5. The van der Waals surface area contributed by atoms with Crippen molar-refractivity contribution in [1.29, 1.82) is 0 Å². The van der Waals surface area contributed by atoms with Crippen LogP contribution in [0.2, 0.25) is 0 Å². The summed E-state index contributed by atoms with van der Waals surface area (Å²) in [5.74, 6) is -0.267. The van der Waals surface area contributed by atoms with Gasteiger partial charge in [-0.2, -0.15) is 0 Å². The van der Waals surface area contributed by atoms with E-state index >= 15 is 0 Å². The Morgan fingerprint density at radius 2 is 2.00 bits per heavy atom. The smallest absolute Gasteiger partial charge is 0.263 e. The van der Waals surface area contributed by atoms with Crippen LogP contribution in [0, 0.1) is 19.7 Å². The number of hydrogen-bond donors (Lipinski definition) is 2. The molecule has 0 amide bonds. The van der Waals surface area contributed by atoms with Gasteiger partial charge in [0.25, 0.3) is 10.0 Å². The lowest BCUT2D eigenvalue weighted by molar-refractivity contribution is 0.591. The van der Waals surface area contributed by atoms with Gasteiger partial charge in [0.15, 0.2) is 0 Å². The quantitative estimate of drug-likeness (QED) is 0.905. The summed E-state index contributed by atoms with van der Waals surface area (Å²) < 4.78 is 40.8. The van der Waals surface area contributed by atoms with Crippen molar-refractivity contribution in [3.8, 4) is 0 Å². The van der Waals surface area contributed by atoms with Crippen LogP contribution in [-0.4, -0.2) is 13.4 Å². The normalized spacial score (nSPS) is 11.4. The third-order valence-electron chi connectivity index (χ3n) is 2.96. The Kier molecular flexibility index (Phi) is 4.24. The molecule has 2 rings (SSSR count). The minimum atomic E-state index is -3.84. The van der Waals surface area contributed by atoms with Gasteiger partial charge in [-0.1, -0.05) is 6.07 Å². The number of halogens is 1. The molecule has 112 valence electrons. The summed E-state index contributed by atoms with van der Waals surface area (Å²) in [4.78, 5) is 4.04. The fourth-order valence-corrected chi connectivity index (χ4v) is 3.04. The van der Waals surface area contributed by atoms with Crippen LogP contribution in [0.4, 0.5) is 10.2 Å². The van der Waals surface area contributed by atoms with Crippen LogP contribution >= 0.6 is 0 Å². The molecule has 5 nitrogen and oxygen atoms in total. The van der Waals surface area contributed by atoms with Gasteiger partial charge in [-0.05, 0) is 43.7 Å². The molecule has 1 aromatic heterocycles. The molecule has 0 fully saturated rings. The SMILES string of the molecule is Cc1cccc(NS(=O)(=O)c2cc(C)c(F)c(CN)c2)n1. The molecule has 0 saturated heterocycles. The fraction of sp³-hybridized carbons (Fsp3) is 0.214. The summed E-state index contributed by atoms with van der Waals surface area (Å²) in [5.41, 5.74) is 6.52. The van der Waals surface area contributed by atoms with Crippen molar-refractivity contribution in [2.45, 2.75) is 25.3 Å². The van der Waals surface area contributed by atoms with Gasteiger partial charge in [0.1, 0.15) is 11.6 Å². The van der Waals surface area contributed by atoms with E-state index in [1.54, 1.807) is 25.1 Å². The maximum absolute atomic E-state index is 13.7. The number of aryl methyl sites for hydroxylation is 2. The topological polar surface area (TPSA) is 85.1 Å². The Bertz CT molecular complexity index is 776. The van der Waals surface area contributed by atoms with Crippen molar-refractivity contribution in [3.05, 3.63) is 53.0 Å². The number of hydrogen-bond acceptors (Lipinski definition) is 4. The molecule has 2 aromatic rings. The number of nitrogens with one attached hydrogen (secondary N) is 1. The Hall–Kier alpha value is -1.99. The van der Waals surface area contributed by atoms with Crippen molar-refractivity contribution in [2.24, 2.45) is 5.73 Å². The van der Waals surface area contributed by atoms with E-state index in [4.69, 9.17) is 5.73 Å². The van der Waals surface area contributed by atoms with Crippen molar-refractivity contribution >= 4 is 15.8 Å². The third-order valence-corrected chi connectivity index (χ3v) is 4.30. The summed E-state index contributed by atoms with van der Waals surface area (Å²) in [6.07, 6.45) is 0. The summed E-state index contributed by atoms with van der Waals surface area (Å²) in [5, 5.41) is 0. The monoisotopic (exact) mass is 309 g/mol. The second kappa shape index (κ2) is 5.79. The number of rotatable bonds is 4. The van der Waals surface area contributed by atoms with E-state index in [1.807, 2.05) is 0 Å². The predicted molar refractivity (Wildman–Crippen MR) is 78.8 cm³/mol. The number of sulfonamides is 1. The molecule has 1 heterocycles. The molecule has 0 atom stereocenters. The standard InChI is InChI=1S/C14H16FN3O2S/c1-9-6-12(7-11(8-16)14(9)15)21(19,20)18-13-5-3-4-10(2)17-13/h3-7H,8,16H2,1-2H3,(H,17,18). The van der Waals surface area contributed by atoms with E-state index < -0.39 is 15.8 Å².